The molecule has 1 aliphatic heterocycles. The summed E-state index contributed by atoms with van der Waals surface area (Å²) in [7, 11) is 0. The van der Waals surface area contributed by atoms with E-state index in [1.807, 2.05) is 6.07 Å². The van der Waals surface area contributed by atoms with E-state index in [1.54, 1.807) is 11.3 Å². The lowest BCUT2D eigenvalue weighted by Crippen LogP contribution is -2.27. The van der Waals surface area contributed by atoms with Gasteiger partial charge in [0, 0.05) is 25.7 Å². The van der Waals surface area contributed by atoms with Gasteiger partial charge in [-0.05, 0) is 31.0 Å². The highest BCUT2D eigenvalue weighted by molar-refractivity contribution is 7.13. The van der Waals surface area contributed by atoms with Gasteiger partial charge in [0.2, 0.25) is 0 Å². The molecule has 0 amide bonds. The number of rotatable bonds is 3. The second-order valence-electron chi connectivity index (χ2n) is 4.54. The van der Waals surface area contributed by atoms with Crippen molar-refractivity contribution in [1.82, 2.24) is 15.4 Å². The van der Waals surface area contributed by atoms with Gasteiger partial charge < -0.3 is 9.84 Å². The average Bonchev–Trinajstić information content (AvgIpc) is 2.98. The summed E-state index contributed by atoms with van der Waals surface area (Å²) >= 11 is 1.68. The van der Waals surface area contributed by atoms with Crippen LogP contribution in [0.15, 0.2) is 28.1 Å². The molecule has 6 heteroatoms. The molecule has 0 radical (unpaired) electrons. The standard InChI is InChI=1S/C13H17N3OS.ClH/c1-3-13(18-8-1)12-9-11(15-17-12)10-16-6-2-4-14-5-7-16;/h1,3,8-9,14H,2,4-7,10H2;1H. The van der Waals surface area contributed by atoms with Gasteiger partial charge in [-0.15, -0.1) is 23.7 Å². The Bertz CT molecular complexity index is 478. The molecule has 1 aliphatic rings. The van der Waals surface area contributed by atoms with Gasteiger partial charge in [-0.25, -0.2) is 0 Å². The normalized spacial score (nSPS) is 16.8. The summed E-state index contributed by atoms with van der Waals surface area (Å²) in [6, 6.07) is 6.15. The fourth-order valence-corrected chi connectivity index (χ4v) is 2.88. The van der Waals surface area contributed by atoms with Crippen molar-refractivity contribution in [1.29, 1.82) is 0 Å². The minimum absolute atomic E-state index is 0. The third-order valence-electron chi connectivity index (χ3n) is 3.14. The monoisotopic (exact) mass is 299 g/mol. The molecule has 4 nitrogen and oxygen atoms in total. The first-order valence-electron chi connectivity index (χ1n) is 6.34. The molecule has 0 unspecified atom stereocenters. The SMILES string of the molecule is Cl.c1csc(-c2cc(CN3CCCNCC3)no2)c1. The van der Waals surface area contributed by atoms with E-state index in [2.05, 4.69) is 32.9 Å². The third kappa shape index (κ3) is 3.79. The van der Waals surface area contributed by atoms with Crippen molar-refractivity contribution in [3.63, 3.8) is 0 Å². The molecule has 0 bridgehead atoms. The van der Waals surface area contributed by atoms with E-state index in [4.69, 9.17) is 4.52 Å². The number of halogens is 1. The lowest BCUT2D eigenvalue weighted by Gasteiger charge is -2.17. The Balaban J connectivity index is 0.00000133. The predicted octanol–water partition coefficient (Wildman–Crippen LogP) is 2.62. The van der Waals surface area contributed by atoms with Gasteiger partial charge in [0.15, 0.2) is 5.76 Å². The van der Waals surface area contributed by atoms with Crippen LogP contribution in [0.25, 0.3) is 10.6 Å². The van der Waals surface area contributed by atoms with Crippen molar-refractivity contribution in [2.24, 2.45) is 0 Å². The lowest BCUT2D eigenvalue weighted by atomic mass is 10.3. The molecule has 0 aromatic carbocycles. The molecular formula is C13H18ClN3OS. The van der Waals surface area contributed by atoms with Gasteiger partial charge in [-0.2, -0.15) is 0 Å². The second-order valence-corrected chi connectivity index (χ2v) is 5.49. The zero-order chi connectivity index (χ0) is 12.2. The number of aromatic nitrogens is 1. The van der Waals surface area contributed by atoms with Crippen LogP contribution in [0.3, 0.4) is 0 Å². The highest BCUT2D eigenvalue weighted by Crippen LogP contribution is 2.25. The fourth-order valence-electron chi connectivity index (χ4n) is 2.21. The average molecular weight is 300 g/mol. The molecule has 1 fully saturated rings. The Morgan fingerprint density at radius 3 is 3.16 bits per heavy atom. The maximum Gasteiger partial charge on any atom is 0.177 e. The van der Waals surface area contributed by atoms with Crippen LogP contribution in [0.4, 0.5) is 0 Å². The van der Waals surface area contributed by atoms with Crippen LogP contribution in [0.5, 0.6) is 0 Å². The van der Waals surface area contributed by atoms with Crippen molar-refractivity contribution < 1.29 is 4.52 Å². The van der Waals surface area contributed by atoms with Crippen LogP contribution in [-0.4, -0.2) is 36.2 Å². The van der Waals surface area contributed by atoms with Gasteiger partial charge in [0.05, 0.1) is 10.6 Å². The maximum atomic E-state index is 5.40. The molecule has 1 N–H and O–H groups in total. The summed E-state index contributed by atoms with van der Waals surface area (Å²) in [5, 5.41) is 9.63. The minimum atomic E-state index is 0. The summed E-state index contributed by atoms with van der Waals surface area (Å²) in [6.07, 6.45) is 1.20. The second kappa shape index (κ2) is 7.05. The molecule has 0 saturated carbocycles. The smallest absolute Gasteiger partial charge is 0.177 e. The Labute approximate surface area is 123 Å². The Hall–Kier alpha value is -0.880. The molecule has 0 spiro atoms. The number of nitrogens with zero attached hydrogens (tertiary/aromatic N) is 2. The zero-order valence-electron chi connectivity index (χ0n) is 10.7. The molecule has 3 rings (SSSR count). The van der Waals surface area contributed by atoms with E-state index in [-0.39, 0.29) is 12.4 Å². The molecule has 19 heavy (non-hydrogen) atoms. The molecule has 0 atom stereocenters. The molecule has 2 aromatic rings. The maximum absolute atomic E-state index is 5.40. The van der Waals surface area contributed by atoms with Crippen LogP contribution in [-0.2, 0) is 6.54 Å². The zero-order valence-corrected chi connectivity index (χ0v) is 12.3. The van der Waals surface area contributed by atoms with E-state index >= 15 is 0 Å². The minimum Gasteiger partial charge on any atom is -0.355 e. The van der Waals surface area contributed by atoms with E-state index in [0.717, 1.165) is 49.1 Å². The van der Waals surface area contributed by atoms with E-state index in [9.17, 15) is 0 Å². The summed E-state index contributed by atoms with van der Waals surface area (Å²) in [5.41, 5.74) is 1.03. The van der Waals surface area contributed by atoms with Crippen molar-refractivity contribution in [2.45, 2.75) is 13.0 Å². The Morgan fingerprint density at radius 1 is 1.37 bits per heavy atom. The van der Waals surface area contributed by atoms with Crippen LogP contribution in [0.1, 0.15) is 12.1 Å². The van der Waals surface area contributed by atoms with Gasteiger partial charge in [0.1, 0.15) is 0 Å². The molecular weight excluding hydrogens is 282 g/mol. The van der Waals surface area contributed by atoms with E-state index < -0.39 is 0 Å². The molecule has 104 valence electrons. The topological polar surface area (TPSA) is 41.3 Å². The van der Waals surface area contributed by atoms with Crippen LogP contribution in [0.2, 0.25) is 0 Å². The number of hydrogen-bond acceptors (Lipinski definition) is 5. The van der Waals surface area contributed by atoms with Crippen molar-refractivity contribution in [3.05, 3.63) is 29.3 Å². The molecule has 3 heterocycles. The van der Waals surface area contributed by atoms with Crippen LogP contribution >= 0.6 is 23.7 Å². The first-order valence-corrected chi connectivity index (χ1v) is 7.22. The van der Waals surface area contributed by atoms with Gasteiger partial charge in [0.25, 0.3) is 0 Å². The van der Waals surface area contributed by atoms with Crippen LogP contribution in [0, 0.1) is 0 Å². The molecule has 2 aromatic heterocycles. The largest absolute Gasteiger partial charge is 0.355 e. The van der Waals surface area contributed by atoms with E-state index in [1.165, 1.54) is 6.42 Å². The summed E-state index contributed by atoms with van der Waals surface area (Å²) in [5.74, 6) is 0.882. The van der Waals surface area contributed by atoms with Crippen molar-refractivity contribution in [3.8, 4) is 10.6 Å². The first-order chi connectivity index (χ1) is 8.92. The van der Waals surface area contributed by atoms with E-state index in [0.29, 0.717) is 0 Å². The molecule has 0 aliphatic carbocycles. The predicted molar refractivity (Wildman–Crippen MR) is 79.8 cm³/mol. The number of thiophene rings is 1. The first kappa shape index (κ1) is 14.5. The van der Waals surface area contributed by atoms with Crippen molar-refractivity contribution >= 4 is 23.7 Å². The van der Waals surface area contributed by atoms with Gasteiger partial charge in [-0.1, -0.05) is 11.2 Å². The summed E-state index contributed by atoms with van der Waals surface area (Å²) in [6.45, 7) is 5.29. The molecule has 1 saturated heterocycles. The fraction of sp³-hybridized carbons (Fsp3) is 0.462. The van der Waals surface area contributed by atoms with Gasteiger partial charge in [-0.3, -0.25) is 4.90 Å². The van der Waals surface area contributed by atoms with Crippen LogP contribution < -0.4 is 5.32 Å². The quantitative estimate of drug-likeness (QED) is 0.946. The third-order valence-corrected chi connectivity index (χ3v) is 4.03. The highest BCUT2D eigenvalue weighted by Gasteiger charge is 2.13. The van der Waals surface area contributed by atoms with Crippen molar-refractivity contribution in [2.75, 3.05) is 26.2 Å². The number of nitrogens with one attached hydrogen (secondary N) is 1. The Morgan fingerprint density at radius 2 is 2.32 bits per heavy atom. The summed E-state index contributed by atoms with van der Waals surface area (Å²) < 4.78 is 5.40. The summed E-state index contributed by atoms with van der Waals surface area (Å²) in [4.78, 5) is 3.57. The van der Waals surface area contributed by atoms with Gasteiger partial charge >= 0.3 is 0 Å². The number of hydrogen-bond donors (Lipinski definition) is 1. The Kier molecular flexibility index (Phi) is 5.39. The highest BCUT2D eigenvalue weighted by atomic mass is 35.5. The lowest BCUT2D eigenvalue weighted by molar-refractivity contribution is 0.274.